The number of aryl methyl sites for hydroxylation is 1. The standard InChI is InChI=1S/C17H17F3N4O3S/c18-12-5-10(6-13(19)17(12)20)7-16(25)11-1-3-23-14(8-11)15(9-21-23)24-4-2-22-28(24,26)27/h5-6,9,11,22H,1-4,7-8H2. The SMILES string of the molecule is O=C(Cc1cc(F)c(F)c(F)c1)C1CCn2ncc(N3CCNS3(=O)=O)c2C1. The third-order valence-electron chi connectivity index (χ3n) is 5.09. The lowest BCUT2D eigenvalue weighted by atomic mass is 9.88. The Balaban J connectivity index is 1.54. The summed E-state index contributed by atoms with van der Waals surface area (Å²) in [4.78, 5) is 12.7. The lowest BCUT2D eigenvalue weighted by molar-refractivity contribution is -0.122. The van der Waals surface area contributed by atoms with Gasteiger partial charge in [-0.3, -0.25) is 13.8 Å². The Morgan fingerprint density at radius 1 is 1.21 bits per heavy atom. The molecule has 2 aromatic rings. The van der Waals surface area contributed by atoms with Gasteiger partial charge < -0.3 is 0 Å². The number of nitrogens with one attached hydrogen (secondary N) is 1. The van der Waals surface area contributed by atoms with Crippen LogP contribution in [0.5, 0.6) is 0 Å². The first-order valence-corrected chi connectivity index (χ1v) is 10.2. The highest BCUT2D eigenvalue weighted by atomic mass is 32.2. The molecule has 0 amide bonds. The maximum Gasteiger partial charge on any atom is 0.301 e. The number of carbonyl (C=O) groups excluding carboxylic acids is 1. The summed E-state index contributed by atoms with van der Waals surface area (Å²) in [6.45, 7) is 0.990. The zero-order chi connectivity index (χ0) is 20.1. The van der Waals surface area contributed by atoms with Gasteiger partial charge in [0.1, 0.15) is 5.78 Å². The first-order valence-electron chi connectivity index (χ1n) is 8.74. The summed E-state index contributed by atoms with van der Waals surface area (Å²) in [6, 6.07) is 1.63. The smallest absolute Gasteiger partial charge is 0.299 e. The molecular weight excluding hydrogens is 397 g/mol. The van der Waals surface area contributed by atoms with Crippen molar-refractivity contribution < 1.29 is 26.4 Å². The molecule has 0 saturated carbocycles. The first-order chi connectivity index (χ1) is 13.3. The zero-order valence-corrected chi connectivity index (χ0v) is 15.5. The average molecular weight is 414 g/mol. The Morgan fingerprint density at radius 2 is 1.93 bits per heavy atom. The van der Waals surface area contributed by atoms with E-state index in [1.54, 1.807) is 4.68 Å². The Bertz CT molecular complexity index is 1030. The topological polar surface area (TPSA) is 84.3 Å². The molecule has 0 radical (unpaired) electrons. The van der Waals surface area contributed by atoms with E-state index < -0.39 is 33.6 Å². The van der Waals surface area contributed by atoms with Crippen LogP contribution in [0.1, 0.15) is 17.7 Å². The molecule has 1 unspecified atom stereocenters. The molecule has 28 heavy (non-hydrogen) atoms. The number of hydrogen-bond donors (Lipinski definition) is 1. The zero-order valence-electron chi connectivity index (χ0n) is 14.7. The Morgan fingerprint density at radius 3 is 2.57 bits per heavy atom. The van der Waals surface area contributed by atoms with Crippen molar-refractivity contribution >= 4 is 21.7 Å². The van der Waals surface area contributed by atoms with E-state index >= 15 is 0 Å². The van der Waals surface area contributed by atoms with Crippen molar-refractivity contribution in [3.8, 4) is 0 Å². The molecule has 7 nitrogen and oxygen atoms in total. The van der Waals surface area contributed by atoms with Gasteiger partial charge in [0, 0.05) is 38.4 Å². The van der Waals surface area contributed by atoms with Gasteiger partial charge >= 0.3 is 10.2 Å². The van der Waals surface area contributed by atoms with Gasteiger partial charge in [-0.1, -0.05) is 0 Å². The molecule has 150 valence electrons. The number of ketones is 1. The van der Waals surface area contributed by atoms with Crippen molar-refractivity contribution in [3.63, 3.8) is 0 Å². The van der Waals surface area contributed by atoms with E-state index in [0.29, 0.717) is 24.3 Å². The minimum atomic E-state index is -3.62. The third kappa shape index (κ3) is 3.28. The fourth-order valence-corrected chi connectivity index (χ4v) is 4.93. The van der Waals surface area contributed by atoms with Crippen molar-refractivity contribution in [1.29, 1.82) is 0 Å². The van der Waals surface area contributed by atoms with Crippen molar-refractivity contribution in [1.82, 2.24) is 14.5 Å². The normalized spacial score (nSPS) is 21.0. The Kier molecular flexibility index (Phi) is 4.66. The minimum absolute atomic E-state index is 0.0621. The molecule has 0 spiro atoms. The predicted octanol–water partition coefficient (Wildman–Crippen LogP) is 1.33. The number of fused-ring (bicyclic) bond motifs is 1. The van der Waals surface area contributed by atoms with Crippen molar-refractivity contribution in [2.75, 3.05) is 17.4 Å². The summed E-state index contributed by atoms with van der Waals surface area (Å²) in [5, 5.41) is 4.21. The van der Waals surface area contributed by atoms with E-state index in [2.05, 4.69) is 9.82 Å². The molecule has 1 aromatic carbocycles. The van der Waals surface area contributed by atoms with Crippen LogP contribution in [-0.4, -0.2) is 37.1 Å². The van der Waals surface area contributed by atoms with E-state index in [1.165, 1.54) is 10.5 Å². The van der Waals surface area contributed by atoms with Crippen LogP contribution in [0.2, 0.25) is 0 Å². The van der Waals surface area contributed by atoms with Crippen LogP contribution in [-0.2, 0) is 34.4 Å². The molecule has 4 rings (SSSR count). The quantitative estimate of drug-likeness (QED) is 0.765. The van der Waals surface area contributed by atoms with Gasteiger partial charge in [-0.15, -0.1) is 0 Å². The summed E-state index contributed by atoms with van der Waals surface area (Å²) in [7, 11) is -3.62. The van der Waals surface area contributed by atoms with Gasteiger partial charge in [0.05, 0.1) is 17.6 Å². The van der Waals surface area contributed by atoms with Crippen molar-refractivity contribution in [2.45, 2.75) is 25.8 Å². The maximum absolute atomic E-state index is 13.4. The molecule has 2 aliphatic heterocycles. The Labute approximate surface area is 159 Å². The fraction of sp³-hybridized carbons (Fsp3) is 0.412. The maximum atomic E-state index is 13.4. The molecular formula is C17H17F3N4O3S. The number of nitrogens with zero attached hydrogens (tertiary/aromatic N) is 3. The molecule has 3 heterocycles. The number of rotatable bonds is 4. The second-order valence-electron chi connectivity index (χ2n) is 6.88. The van der Waals surface area contributed by atoms with Gasteiger partial charge in [0.15, 0.2) is 17.5 Å². The van der Waals surface area contributed by atoms with Gasteiger partial charge in [0.25, 0.3) is 0 Å². The van der Waals surface area contributed by atoms with E-state index in [9.17, 15) is 26.4 Å². The molecule has 11 heteroatoms. The van der Waals surface area contributed by atoms with E-state index in [4.69, 9.17) is 0 Å². The number of benzene rings is 1. The van der Waals surface area contributed by atoms with Gasteiger partial charge in [-0.2, -0.15) is 18.2 Å². The predicted molar refractivity (Wildman–Crippen MR) is 93.3 cm³/mol. The highest BCUT2D eigenvalue weighted by molar-refractivity contribution is 7.91. The molecule has 1 atom stereocenters. The lowest BCUT2D eigenvalue weighted by Crippen LogP contribution is -2.32. The highest BCUT2D eigenvalue weighted by Crippen LogP contribution is 2.31. The fourth-order valence-electron chi connectivity index (χ4n) is 3.68. The number of hydrogen-bond acceptors (Lipinski definition) is 4. The summed E-state index contributed by atoms with van der Waals surface area (Å²) < 4.78 is 69.4. The number of carbonyl (C=O) groups is 1. The van der Waals surface area contributed by atoms with E-state index in [0.717, 1.165) is 12.1 Å². The van der Waals surface area contributed by atoms with Gasteiger partial charge in [-0.05, 0) is 24.1 Å². The van der Waals surface area contributed by atoms with Crippen LogP contribution < -0.4 is 9.03 Å². The highest BCUT2D eigenvalue weighted by Gasteiger charge is 2.34. The van der Waals surface area contributed by atoms with Crippen molar-refractivity contribution in [2.24, 2.45) is 5.92 Å². The van der Waals surface area contributed by atoms with Crippen LogP contribution in [0.25, 0.3) is 0 Å². The molecule has 1 saturated heterocycles. The number of anilines is 1. The number of Topliss-reactive ketones (excluding diaryl/α,β-unsaturated/α-hetero) is 1. The number of halogens is 3. The second kappa shape index (κ2) is 6.89. The number of aromatic nitrogens is 2. The summed E-state index contributed by atoms with van der Waals surface area (Å²) >= 11 is 0. The van der Waals surface area contributed by atoms with Gasteiger partial charge in [-0.25, -0.2) is 13.2 Å². The average Bonchev–Trinajstić information content (AvgIpc) is 3.20. The molecule has 2 aliphatic rings. The van der Waals surface area contributed by atoms with Crippen LogP contribution in [0.4, 0.5) is 18.9 Å². The summed E-state index contributed by atoms with van der Waals surface area (Å²) in [6.07, 6.45) is 1.99. The van der Waals surface area contributed by atoms with E-state index in [-0.39, 0.29) is 37.3 Å². The Hall–Kier alpha value is -2.40. The molecule has 1 fully saturated rings. The second-order valence-corrected chi connectivity index (χ2v) is 8.56. The monoisotopic (exact) mass is 414 g/mol. The van der Waals surface area contributed by atoms with E-state index in [1.807, 2.05) is 0 Å². The van der Waals surface area contributed by atoms with Crippen LogP contribution in [0.3, 0.4) is 0 Å². The van der Waals surface area contributed by atoms with Crippen LogP contribution in [0, 0.1) is 23.4 Å². The van der Waals surface area contributed by atoms with Gasteiger partial charge in [0.2, 0.25) is 0 Å². The molecule has 1 N–H and O–H groups in total. The third-order valence-corrected chi connectivity index (χ3v) is 6.62. The summed E-state index contributed by atoms with van der Waals surface area (Å²) in [5.74, 6) is -4.93. The molecule has 1 aromatic heterocycles. The minimum Gasteiger partial charge on any atom is -0.299 e. The lowest BCUT2D eigenvalue weighted by Gasteiger charge is -2.25. The van der Waals surface area contributed by atoms with Crippen LogP contribution >= 0.6 is 0 Å². The van der Waals surface area contributed by atoms with Crippen molar-refractivity contribution in [3.05, 3.63) is 47.0 Å². The van der Waals surface area contributed by atoms with Crippen LogP contribution in [0.15, 0.2) is 18.3 Å². The first kappa shape index (κ1) is 18.9. The largest absolute Gasteiger partial charge is 0.301 e. The molecule has 0 bridgehead atoms. The summed E-state index contributed by atoms with van der Waals surface area (Å²) in [5.41, 5.74) is 1.13. The molecule has 0 aliphatic carbocycles.